The number of nitrogens with one attached hydrogen (secondary N) is 2. The van der Waals surface area contributed by atoms with Crippen molar-refractivity contribution in [1.82, 2.24) is 20.5 Å². The molecule has 1 aromatic heterocycles. The molecule has 3 heterocycles. The number of aromatic nitrogens is 1. The van der Waals surface area contributed by atoms with E-state index in [1.807, 2.05) is 24.0 Å². The Bertz CT molecular complexity index is 620. The molecule has 148 valence electrons. The average Bonchev–Trinajstić information content (AvgIpc) is 2.69. The lowest BCUT2D eigenvalue weighted by atomic mass is 9.76. The van der Waals surface area contributed by atoms with Gasteiger partial charge >= 0.3 is 0 Å². The Kier molecular flexibility index (Phi) is 6.35. The van der Waals surface area contributed by atoms with E-state index in [0.29, 0.717) is 17.2 Å². The fraction of sp³-hybridized carbons (Fsp3) is 0.714. The Morgan fingerprint density at radius 1 is 1.22 bits per heavy atom. The number of pyridine rings is 1. The van der Waals surface area contributed by atoms with Crippen LogP contribution in [-0.2, 0) is 11.3 Å². The summed E-state index contributed by atoms with van der Waals surface area (Å²) >= 11 is 2.04. The predicted molar refractivity (Wildman–Crippen MR) is 110 cm³/mol. The molecule has 1 aliphatic carbocycles. The van der Waals surface area contributed by atoms with Crippen LogP contribution in [0.1, 0.15) is 44.7 Å². The van der Waals surface area contributed by atoms with Gasteiger partial charge in [0.2, 0.25) is 5.91 Å². The van der Waals surface area contributed by atoms with Gasteiger partial charge in [0.05, 0.1) is 17.8 Å². The van der Waals surface area contributed by atoms with Crippen LogP contribution in [0, 0.1) is 11.8 Å². The second-order valence-corrected chi connectivity index (χ2v) is 9.73. The lowest BCUT2D eigenvalue weighted by Crippen LogP contribution is -2.65. The second-order valence-electron chi connectivity index (χ2n) is 8.40. The van der Waals surface area contributed by atoms with E-state index in [1.165, 1.54) is 25.7 Å². The summed E-state index contributed by atoms with van der Waals surface area (Å²) in [5.74, 6) is 2.05. The number of fused-ring (bicyclic) bond motifs is 1. The van der Waals surface area contributed by atoms with Crippen molar-refractivity contribution < 1.29 is 4.79 Å². The Morgan fingerprint density at radius 3 is 2.85 bits per heavy atom. The molecule has 0 radical (unpaired) electrons. The molecule has 27 heavy (non-hydrogen) atoms. The minimum atomic E-state index is 0.135. The minimum absolute atomic E-state index is 0.135. The summed E-state index contributed by atoms with van der Waals surface area (Å²) in [5.41, 5.74) is 1.16. The first kappa shape index (κ1) is 19.2. The third-order valence-corrected chi connectivity index (χ3v) is 7.88. The van der Waals surface area contributed by atoms with Gasteiger partial charge in [-0.2, -0.15) is 11.8 Å². The summed E-state index contributed by atoms with van der Waals surface area (Å²) in [7, 11) is 0. The highest BCUT2D eigenvalue weighted by atomic mass is 32.2. The number of hydrogen-bond acceptors (Lipinski definition) is 5. The molecule has 0 spiro atoms. The monoisotopic (exact) mass is 388 g/mol. The molecule has 2 aliphatic heterocycles. The SMILES string of the molecule is CC1CCCC2C(=O)NC(CSC3CCN(Cc4ccccn4)CC3)NC12. The number of thioether (sulfide) groups is 1. The standard InChI is InChI=1S/C21H32N4OS/c1-15-5-4-7-18-20(15)23-19(24-21(18)26)14-27-17-8-11-25(12-9-17)13-16-6-2-3-10-22-16/h2-3,6,10,15,17-20,23H,4-5,7-9,11-14H2,1H3,(H,24,26). The summed E-state index contributed by atoms with van der Waals surface area (Å²) in [6, 6.07) is 6.52. The highest BCUT2D eigenvalue weighted by Gasteiger charge is 2.40. The number of rotatable bonds is 5. The summed E-state index contributed by atoms with van der Waals surface area (Å²) in [5, 5.41) is 7.67. The minimum Gasteiger partial charge on any atom is -0.340 e. The van der Waals surface area contributed by atoms with E-state index in [-0.39, 0.29) is 18.0 Å². The van der Waals surface area contributed by atoms with E-state index in [4.69, 9.17) is 0 Å². The number of nitrogens with zero attached hydrogens (tertiary/aromatic N) is 2. The fourth-order valence-corrected chi connectivity index (χ4v) is 6.01. The normalized spacial score (nSPS) is 32.7. The third-order valence-electron chi connectivity index (χ3n) is 6.41. The van der Waals surface area contributed by atoms with Crippen LogP contribution in [0.15, 0.2) is 24.4 Å². The summed E-state index contributed by atoms with van der Waals surface area (Å²) in [6.07, 6.45) is 7.94. The van der Waals surface area contributed by atoms with Crippen LogP contribution >= 0.6 is 11.8 Å². The van der Waals surface area contributed by atoms with Gasteiger partial charge in [0.1, 0.15) is 0 Å². The molecule has 2 saturated heterocycles. The molecular weight excluding hydrogens is 356 g/mol. The number of piperidine rings is 1. The van der Waals surface area contributed by atoms with E-state index in [9.17, 15) is 4.79 Å². The van der Waals surface area contributed by atoms with Gasteiger partial charge in [0.25, 0.3) is 0 Å². The molecule has 3 fully saturated rings. The van der Waals surface area contributed by atoms with Crippen molar-refractivity contribution in [2.24, 2.45) is 11.8 Å². The molecule has 1 aromatic rings. The largest absolute Gasteiger partial charge is 0.340 e. The van der Waals surface area contributed by atoms with Gasteiger partial charge in [-0.05, 0) is 56.8 Å². The number of likely N-dealkylation sites (tertiary alicyclic amines) is 1. The van der Waals surface area contributed by atoms with Gasteiger partial charge in [-0.3, -0.25) is 20.0 Å². The van der Waals surface area contributed by atoms with E-state index >= 15 is 0 Å². The topological polar surface area (TPSA) is 57.3 Å². The summed E-state index contributed by atoms with van der Waals surface area (Å²) in [6.45, 7) is 5.53. The zero-order chi connectivity index (χ0) is 18.6. The van der Waals surface area contributed by atoms with Crippen LogP contribution in [0.25, 0.3) is 0 Å². The summed E-state index contributed by atoms with van der Waals surface area (Å²) < 4.78 is 0. The first-order valence-corrected chi connectivity index (χ1v) is 11.5. The Morgan fingerprint density at radius 2 is 2.07 bits per heavy atom. The smallest absolute Gasteiger partial charge is 0.225 e. The van der Waals surface area contributed by atoms with Crippen LogP contribution in [0.4, 0.5) is 0 Å². The van der Waals surface area contributed by atoms with Crippen molar-refractivity contribution in [1.29, 1.82) is 0 Å². The van der Waals surface area contributed by atoms with Crippen LogP contribution < -0.4 is 10.6 Å². The molecule has 1 saturated carbocycles. The van der Waals surface area contributed by atoms with Gasteiger partial charge in [0, 0.05) is 29.8 Å². The van der Waals surface area contributed by atoms with Gasteiger partial charge in [-0.15, -0.1) is 0 Å². The van der Waals surface area contributed by atoms with Gasteiger partial charge in [-0.25, -0.2) is 0 Å². The van der Waals surface area contributed by atoms with Gasteiger partial charge < -0.3 is 5.32 Å². The van der Waals surface area contributed by atoms with Crippen molar-refractivity contribution in [2.45, 2.75) is 63.0 Å². The maximum absolute atomic E-state index is 12.5. The van der Waals surface area contributed by atoms with Crippen molar-refractivity contribution >= 4 is 17.7 Å². The third kappa shape index (κ3) is 4.84. The van der Waals surface area contributed by atoms with Crippen LogP contribution in [0.3, 0.4) is 0 Å². The molecule has 1 amide bonds. The number of carbonyl (C=O) groups excluding carboxylic acids is 1. The summed E-state index contributed by atoms with van der Waals surface area (Å²) in [4.78, 5) is 19.4. The highest BCUT2D eigenvalue weighted by molar-refractivity contribution is 7.99. The van der Waals surface area contributed by atoms with E-state index in [2.05, 4.69) is 39.6 Å². The van der Waals surface area contributed by atoms with Crippen LogP contribution in [0.5, 0.6) is 0 Å². The lowest BCUT2D eigenvalue weighted by molar-refractivity contribution is -0.131. The van der Waals surface area contributed by atoms with E-state index in [0.717, 1.165) is 37.5 Å². The Labute approximate surface area is 167 Å². The highest BCUT2D eigenvalue weighted by Crippen LogP contribution is 2.32. The van der Waals surface area contributed by atoms with E-state index in [1.54, 1.807) is 0 Å². The number of hydrogen-bond donors (Lipinski definition) is 2. The molecule has 6 heteroatoms. The molecule has 5 nitrogen and oxygen atoms in total. The van der Waals surface area contributed by atoms with Crippen molar-refractivity contribution in [3.05, 3.63) is 30.1 Å². The van der Waals surface area contributed by atoms with Crippen molar-refractivity contribution in [2.75, 3.05) is 18.8 Å². The molecule has 4 unspecified atom stereocenters. The quantitative estimate of drug-likeness (QED) is 0.812. The molecular formula is C21H32N4OS. The molecule has 4 atom stereocenters. The maximum Gasteiger partial charge on any atom is 0.225 e. The average molecular weight is 389 g/mol. The fourth-order valence-electron chi connectivity index (χ4n) is 4.82. The molecule has 0 bridgehead atoms. The number of carbonyl (C=O) groups is 1. The van der Waals surface area contributed by atoms with Crippen LogP contribution in [-0.4, -0.2) is 52.1 Å². The zero-order valence-corrected chi connectivity index (χ0v) is 17.1. The first-order chi connectivity index (χ1) is 13.2. The molecule has 4 rings (SSSR count). The predicted octanol–water partition coefficient (Wildman–Crippen LogP) is 2.63. The van der Waals surface area contributed by atoms with Gasteiger partial charge in [0.15, 0.2) is 0 Å². The lowest BCUT2D eigenvalue weighted by Gasteiger charge is -2.43. The first-order valence-electron chi connectivity index (χ1n) is 10.5. The maximum atomic E-state index is 12.5. The Balaban J connectivity index is 1.20. The second kappa shape index (κ2) is 8.93. The van der Waals surface area contributed by atoms with E-state index < -0.39 is 0 Å². The van der Waals surface area contributed by atoms with Crippen molar-refractivity contribution in [3.63, 3.8) is 0 Å². The molecule has 0 aromatic carbocycles. The number of amides is 1. The van der Waals surface area contributed by atoms with Crippen molar-refractivity contribution in [3.8, 4) is 0 Å². The zero-order valence-electron chi connectivity index (χ0n) is 16.3. The molecule has 2 N–H and O–H groups in total. The van der Waals surface area contributed by atoms with Crippen LogP contribution in [0.2, 0.25) is 0 Å². The van der Waals surface area contributed by atoms with Gasteiger partial charge in [-0.1, -0.05) is 19.4 Å². The Hall–Kier alpha value is -1.11. The molecule has 3 aliphatic rings.